The van der Waals surface area contributed by atoms with Crippen LogP contribution in [-0.2, 0) is 0 Å². The molecule has 0 fully saturated rings. The predicted molar refractivity (Wildman–Crippen MR) is 64.8 cm³/mol. The Bertz CT molecular complexity index is 111. The van der Waals surface area contributed by atoms with Gasteiger partial charge < -0.3 is 4.57 Å². The second-order valence-electron chi connectivity index (χ2n) is 3.92. The van der Waals surface area contributed by atoms with E-state index in [0.717, 1.165) is 14.8 Å². The molecule has 0 aromatic carbocycles. The summed E-state index contributed by atoms with van der Waals surface area (Å²) in [5.41, 5.74) is 0. The maximum Gasteiger partial charge on any atom is 0.141 e. The normalized spacial score (nSPS) is 14.1. The third-order valence-corrected chi connectivity index (χ3v) is 7.28. The standard InChI is InChI=1S/C10H24NSi2/c1-6-8-11(9-7-2)12-10(3)13(4)5/h10H,6-9H2,1-5H3. The van der Waals surface area contributed by atoms with Gasteiger partial charge in [-0.1, -0.05) is 33.9 Å². The van der Waals surface area contributed by atoms with Gasteiger partial charge in [0.15, 0.2) is 0 Å². The fourth-order valence-corrected chi connectivity index (χ4v) is 4.02. The van der Waals surface area contributed by atoms with E-state index in [1.807, 2.05) is 0 Å². The van der Waals surface area contributed by atoms with Gasteiger partial charge in [-0.25, -0.2) is 0 Å². The highest BCUT2D eigenvalue weighted by Crippen LogP contribution is 2.09. The lowest BCUT2D eigenvalue weighted by molar-refractivity contribution is 0.438. The SMILES string of the molecule is CCCN(CCC)[Si]C(C)[Si](C)C. The summed E-state index contributed by atoms with van der Waals surface area (Å²) >= 11 is 0. The van der Waals surface area contributed by atoms with Crippen LogP contribution in [0.4, 0.5) is 0 Å². The van der Waals surface area contributed by atoms with Crippen LogP contribution in [0.2, 0.25) is 18.3 Å². The quantitative estimate of drug-likeness (QED) is 0.589. The topological polar surface area (TPSA) is 3.24 Å². The molecule has 3 radical (unpaired) electrons. The first kappa shape index (κ1) is 13.4. The van der Waals surface area contributed by atoms with Gasteiger partial charge in [-0.2, -0.15) is 0 Å². The van der Waals surface area contributed by atoms with E-state index < -0.39 is 0 Å². The van der Waals surface area contributed by atoms with Gasteiger partial charge in [0, 0.05) is 8.80 Å². The second kappa shape index (κ2) is 7.77. The molecule has 77 valence electrons. The van der Waals surface area contributed by atoms with Gasteiger partial charge in [-0.05, 0) is 31.1 Å². The molecule has 0 amide bonds. The van der Waals surface area contributed by atoms with Crippen LogP contribution >= 0.6 is 0 Å². The third kappa shape index (κ3) is 6.46. The lowest BCUT2D eigenvalue weighted by Crippen LogP contribution is -2.35. The first-order valence-electron chi connectivity index (χ1n) is 5.42. The van der Waals surface area contributed by atoms with Crippen molar-refractivity contribution in [2.24, 2.45) is 0 Å². The first-order valence-corrected chi connectivity index (χ1v) is 9.03. The van der Waals surface area contributed by atoms with Gasteiger partial charge in [0.05, 0.1) is 0 Å². The maximum atomic E-state index is 2.66. The summed E-state index contributed by atoms with van der Waals surface area (Å²) in [6.07, 6.45) is 2.60. The summed E-state index contributed by atoms with van der Waals surface area (Å²) in [6.45, 7) is 14.4. The number of nitrogens with zero attached hydrogens (tertiary/aromatic N) is 1. The van der Waals surface area contributed by atoms with Gasteiger partial charge in [0.1, 0.15) is 9.68 Å². The molecule has 0 heterocycles. The summed E-state index contributed by atoms with van der Waals surface area (Å²) < 4.78 is 2.66. The van der Waals surface area contributed by atoms with Crippen LogP contribution in [0.15, 0.2) is 0 Å². The molecular formula is C10H24NSi2. The smallest absolute Gasteiger partial charge is 0.141 e. The highest BCUT2D eigenvalue weighted by atomic mass is 28.3. The molecule has 0 aromatic heterocycles. The maximum absolute atomic E-state index is 2.66. The molecule has 0 rings (SSSR count). The van der Waals surface area contributed by atoms with E-state index >= 15 is 0 Å². The van der Waals surface area contributed by atoms with Crippen LogP contribution < -0.4 is 0 Å². The Kier molecular flexibility index (Phi) is 8.00. The van der Waals surface area contributed by atoms with Crippen molar-refractivity contribution in [1.82, 2.24) is 4.57 Å². The van der Waals surface area contributed by atoms with Crippen molar-refractivity contribution in [2.75, 3.05) is 13.1 Å². The van der Waals surface area contributed by atoms with Crippen LogP contribution in [0.1, 0.15) is 33.6 Å². The molecule has 0 aliphatic rings. The van der Waals surface area contributed by atoms with Crippen molar-refractivity contribution in [3.63, 3.8) is 0 Å². The Morgan fingerprint density at radius 3 is 1.92 bits per heavy atom. The van der Waals surface area contributed by atoms with Crippen molar-refractivity contribution in [3.05, 3.63) is 0 Å². The van der Waals surface area contributed by atoms with Crippen molar-refractivity contribution in [2.45, 2.75) is 51.9 Å². The van der Waals surface area contributed by atoms with Crippen molar-refractivity contribution in [3.8, 4) is 0 Å². The molecule has 0 spiro atoms. The van der Waals surface area contributed by atoms with Crippen LogP contribution in [0.25, 0.3) is 0 Å². The fourth-order valence-electron chi connectivity index (χ4n) is 1.18. The first-order chi connectivity index (χ1) is 6.11. The van der Waals surface area contributed by atoms with Crippen LogP contribution in [-0.4, -0.2) is 36.1 Å². The van der Waals surface area contributed by atoms with E-state index in [2.05, 4.69) is 38.4 Å². The highest BCUT2D eigenvalue weighted by Gasteiger charge is 2.14. The van der Waals surface area contributed by atoms with Crippen LogP contribution in [0.3, 0.4) is 0 Å². The monoisotopic (exact) mass is 214 g/mol. The Morgan fingerprint density at radius 1 is 1.15 bits per heavy atom. The average Bonchev–Trinajstić information content (AvgIpc) is 2.05. The minimum absolute atomic E-state index is 0.0725. The molecular weight excluding hydrogens is 190 g/mol. The average molecular weight is 214 g/mol. The minimum Gasteiger partial charge on any atom is -0.325 e. The minimum atomic E-state index is -0.0725. The van der Waals surface area contributed by atoms with Gasteiger partial charge in [0.25, 0.3) is 0 Å². The molecule has 0 saturated carbocycles. The second-order valence-corrected chi connectivity index (χ2v) is 9.27. The predicted octanol–water partition coefficient (Wildman–Crippen LogP) is 2.83. The van der Waals surface area contributed by atoms with E-state index in [4.69, 9.17) is 0 Å². The van der Waals surface area contributed by atoms with Gasteiger partial charge in [0.2, 0.25) is 0 Å². The number of rotatable bonds is 7. The van der Waals surface area contributed by atoms with E-state index in [-0.39, 0.29) is 8.80 Å². The van der Waals surface area contributed by atoms with Crippen LogP contribution in [0, 0.1) is 0 Å². The molecule has 1 unspecified atom stereocenters. The number of hydrogen-bond donors (Lipinski definition) is 0. The summed E-state index contributed by atoms with van der Waals surface area (Å²) in [5.74, 6) is 0. The summed E-state index contributed by atoms with van der Waals surface area (Å²) in [5, 5.41) is 0.961. The van der Waals surface area contributed by atoms with E-state index in [1.54, 1.807) is 0 Å². The van der Waals surface area contributed by atoms with E-state index in [1.165, 1.54) is 25.9 Å². The molecule has 3 heteroatoms. The lowest BCUT2D eigenvalue weighted by Gasteiger charge is -2.24. The molecule has 0 aliphatic heterocycles. The lowest BCUT2D eigenvalue weighted by atomic mass is 10.4. The van der Waals surface area contributed by atoms with Crippen LogP contribution in [0.5, 0.6) is 0 Å². The number of hydrogen-bond acceptors (Lipinski definition) is 1. The van der Waals surface area contributed by atoms with Gasteiger partial charge >= 0.3 is 0 Å². The Balaban J connectivity index is 3.78. The van der Waals surface area contributed by atoms with Gasteiger partial charge in [-0.3, -0.25) is 0 Å². The third-order valence-electron chi connectivity index (χ3n) is 2.23. The summed E-state index contributed by atoms with van der Waals surface area (Å²) in [6, 6.07) is 0. The van der Waals surface area contributed by atoms with Gasteiger partial charge in [-0.15, -0.1) is 0 Å². The summed E-state index contributed by atoms with van der Waals surface area (Å²) in [7, 11) is 0.997. The van der Waals surface area contributed by atoms with Crippen molar-refractivity contribution in [1.29, 1.82) is 0 Å². The molecule has 1 nitrogen and oxygen atoms in total. The Morgan fingerprint density at radius 2 is 1.62 bits per heavy atom. The fraction of sp³-hybridized carbons (Fsp3) is 1.00. The largest absolute Gasteiger partial charge is 0.325 e. The molecule has 0 aromatic rings. The van der Waals surface area contributed by atoms with E-state index in [0.29, 0.717) is 0 Å². The Hall–Kier alpha value is 0.394. The van der Waals surface area contributed by atoms with Crippen molar-refractivity contribution < 1.29 is 0 Å². The zero-order valence-corrected chi connectivity index (χ0v) is 11.9. The molecule has 13 heavy (non-hydrogen) atoms. The zero-order valence-electron chi connectivity index (χ0n) is 9.85. The van der Waals surface area contributed by atoms with Crippen molar-refractivity contribution >= 4 is 18.5 Å². The molecule has 0 saturated heterocycles. The summed E-state index contributed by atoms with van der Waals surface area (Å²) in [4.78, 5) is 0. The molecule has 0 aliphatic carbocycles. The highest BCUT2D eigenvalue weighted by molar-refractivity contribution is 6.69. The molecule has 0 bridgehead atoms. The molecule has 0 N–H and O–H groups in total. The zero-order chi connectivity index (χ0) is 10.3. The van der Waals surface area contributed by atoms with E-state index in [9.17, 15) is 0 Å². The molecule has 1 atom stereocenters. The Labute approximate surface area is 88.4 Å².